The Morgan fingerprint density at radius 2 is 1.84 bits per heavy atom. The number of rotatable bonds is 9. The molecule has 0 spiro atoms. The maximum Gasteiger partial charge on any atom is 0.311 e. The Balaban J connectivity index is 2.18. The topological polar surface area (TPSA) is 93.1 Å². The Morgan fingerprint density at radius 1 is 1.16 bits per heavy atom. The first-order chi connectivity index (χ1) is 14.5. The number of hydrogen-bond donors (Lipinski definition) is 2. The molecule has 6 nitrogen and oxygen atoms in total. The lowest BCUT2D eigenvalue weighted by Gasteiger charge is -2.42. The van der Waals surface area contributed by atoms with E-state index in [1.54, 1.807) is 0 Å². The highest BCUT2D eigenvalue weighted by atomic mass is 16.6. The van der Waals surface area contributed by atoms with Gasteiger partial charge in [-0.25, -0.2) is 0 Å². The zero-order valence-corrected chi connectivity index (χ0v) is 19.8. The normalized spacial score (nSPS) is 30.1. The van der Waals surface area contributed by atoms with Crippen LogP contribution in [0, 0.1) is 23.2 Å². The molecule has 0 unspecified atom stereocenters. The Hall–Kier alpha value is -1.66. The summed E-state index contributed by atoms with van der Waals surface area (Å²) in [6, 6.07) is 0. The first kappa shape index (κ1) is 25.6. The lowest BCUT2D eigenvalue weighted by atomic mass is 9.71. The summed E-state index contributed by atoms with van der Waals surface area (Å²) in [6.07, 6.45) is 5.66. The Kier molecular flexibility index (Phi) is 8.90. The number of carbonyl (C=O) groups is 2. The fourth-order valence-corrected chi connectivity index (χ4v) is 4.20. The van der Waals surface area contributed by atoms with E-state index in [0.717, 1.165) is 5.57 Å². The minimum Gasteiger partial charge on any atom is -0.461 e. The third kappa shape index (κ3) is 6.66. The van der Waals surface area contributed by atoms with Gasteiger partial charge in [0.25, 0.3) is 0 Å². The molecule has 2 aliphatic rings. The molecule has 6 heteroatoms. The van der Waals surface area contributed by atoms with Crippen molar-refractivity contribution >= 4 is 11.9 Å². The van der Waals surface area contributed by atoms with Gasteiger partial charge in [0, 0.05) is 5.92 Å². The van der Waals surface area contributed by atoms with Gasteiger partial charge in [0.2, 0.25) is 0 Å². The summed E-state index contributed by atoms with van der Waals surface area (Å²) in [5.41, 5.74) is 0.459. The number of allylic oxidation sites excluding steroid dienone is 2. The Morgan fingerprint density at radius 3 is 2.45 bits per heavy atom. The summed E-state index contributed by atoms with van der Waals surface area (Å²) < 4.78 is 11.9. The van der Waals surface area contributed by atoms with Crippen molar-refractivity contribution < 1.29 is 29.3 Å². The molecule has 2 rings (SSSR count). The lowest BCUT2D eigenvalue weighted by molar-refractivity contribution is -0.171. The van der Waals surface area contributed by atoms with Gasteiger partial charge < -0.3 is 19.7 Å². The van der Waals surface area contributed by atoms with Gasteiger partial charge in [0.05, 0.1) is 30.0 Å². The lowest BCUT2D eigenvalue weighted by Crippen LogP contribution is -2.47. The second-order valence-corrected chi connectivity index (χ2v) is 9.92. The molecule has 0 bridgehead atoms. The highest BCUT2D eigenvalue weighted by molar-refractivity contribution is 5.76. The van der Waals surface area contributed by atoms with Crippen LogP contribution in [0.25, 0.3) is 0 Å². The third-order valence-corrected chi connectivity index (χ3v) is 6.71. The fourth-order valence-electron chi connectivity index (χ4n) is 4.20. The van der Waals surface area contributed by atoms with Gasteiger partial charge in [-0.15, -0.1) is 0 Å². The van der Waals surface area contributed by atoms with E-state index in [0.29, 0.717) is 19.3 Å². The van der Waals surface area contributed by atoms with E-state index in [9.17, 15) is 19.8 Å². The number of esters is 2. The molecule has 0 aromatic rings. The van der Waals surface area contributed by atoms with Crippen LogP contribution < -0.4 is 0 Å². The fraction of sp³-hybridized carbons (Fsp3) is 0.760. The molecule has 176 valence electrons. The zero-order valence-electron chi connectivity index (χ0n) is 19.8. The number of fused-ring (bicyclic) bond motifs is 1. The summed E-state index contributed by atoms with van der Waals surface area (Å²) >= 11 is 0. The summed E-state index contributed by atoms with van der Waals surface area (Å²) in [4.78, 5) is 25.4. The Labute approximate surface area is 186 Å². The molecule has 0 aromatic heterocycles. The van der Waals surface area contributed by atoms with Crippen LogP contribution in [-0.2, 0) is 19.1 Å². The van der Waals surface area contributed by atoms with Gasteiger partial charge >= 0.3 is 11.9 Å². The van der Waals surface area contributed by atoms with Crippen molar-refractivity contribution in [2.24, 2.45) is 23.2 Å². The van der Waals surface area contributed by atoms with Crippen LogP contribution in [0.1, 0.15) is 73.6 Å². The highest BCUT2D eigenvalue weighted by Crippen LogP contribution is 2.41. The van der Waals surface area contributed by atoms with Crippen molar-refractivity contribution in [1.82, 2.24) is 0 Å². The molecule has 2 aliphatic carbocycles. The smallest absolute Gasteiger partial charge is 0.311 e. The molecular weight excluding hydrogens is 396 g/mol. The van der Waals surface area contributed by atoms with Gasteiger partial charge in [-0.3, -0.25) is 9.59 Å². The van der Waals surface area contributed by atoms with Crippen LogP contribution in [0.2, 0.25) is 0 Å². The van der Waals surface area contributed by atoms with E-state index >= 15 is 0 Å². The maximum atomic E-state index is 12.8. The SMILES string of the molecule is CC[C@@H](O)C[C@@H](O)CC(=O)O[C@@H]1[C@@H]2C(=C[C@H](C)C[C@@H]2OC(=O)C(C)(C)CC)C=C[C@@H]1C. The molecule has 0 radical (unpaired) electrons. The molecular formula is C25H40O6. The summed E-state index contributed by atoms with van der Waals surface area (Å²) in [7, 11) is 0. The largest absolute Gasteiger partial charge is 0.461 e. The van der Waals surface area contributed by atoms with Crippen LogP contribution >= 0.6 is 0 Å². The quantitative estimate of drug-likeness (QED) is 0.532. The molecule has 31 heavy (non-hydrogen) atoms. The van der Waals surface area contributed by atoms with Crippen molar-refractivity contribution in [2.45, 2.75) is 98.1 Å². The van der Waals surface area contributed by atoms with Crippen molar-refractivity contribution in [3.05, 3.63) is 23.8 Å². The minimum atomic E-state index is -0.947. The van der Waals surface area contributed by atoms with Gasteiger partial charge in [-0.05, 0) is 51.0 Å². The minimum absolute atomic E-state index is 0.0433. The van der Waals surface area contributed by atoms with E-state index in [1.165, 1.54) is 0 Å². The van der Waals surface area contributed by atoms with E-state index in [1.807, 2.05) is 46.8 Å². The van der Waals surface area contributed by atoms with Crippen LogP contribution in [0.15, 0.2) is 23.8 Å². The van der Waals surface area contributed by atoms with Crippen molar-refractivity contribution in [2.75, 3.05) is 0 Å². The molecule has 0 saturated heterocycles. The monoisotopic (exact) mass is 436 g/mol. The van der Waals surface area contributed by atoms with Crippen LogP contribution in [0.5, 0.6) is 0 Å². The zero-order chi connectivity index (χ0) is 23.3. The van der Waals surface area contributed by atoms with Crippen LogP contribution in [-0.4, -0.2) is 46.6 Å². The number of aliphatic hydroxyl groups excluding tert-OH is 2. The first-order valence-corrected chi connectivity index (χ1v) is 11.6. The Bertz CT molecular complexity index is 694. The van der Waals surface area contributed by atoms with Crippen molar-refractivity contribution in [3.8, 4) is 0 Å². The average Bonchev–Trinajstić information content (AvgIpc) is 2.69. The molecule has 0 heterocycles. The molecule has 2 N–H and O–H groups in total. The number of carbonyl (C=O) groups excluding carboxylic acids is 2. The molecule has 0 saturated carbocycles. The predicted octanol–water partition coefficient (Wildman–Crippen LogP) is 3.95. The second-order valence-electron chi connectivity index (χ2n) is 9.92. The molecule has 7 atom stereocenters. The first-order valence-electron chi connectivity index (χ1n) is 11.6. The van der Waals surface area contributed by atoms with Gasteiger partial charge in [-0.1, -0.05) is 45.9 Å². The van der Waals surface area contributed by atoms with Gasteiger partial charge in [0.15, 0.2) is 0 Å². The molecule has 0 fully saturated rings. The molecule has 0 amide bonds. The van der Waals surface area contributed by atoms with E-state index in [4.69, 9.17) is 9.47 Å². The van der Waals surface area contributed by atoms with Crippen LogP contribution in [0.4, 0.5) is 0 Å². The van der Waals surface area contributed by atoms with E-state index in [2.05, 4.69) is 13.0 Å². The van der Waals surface area contributed by atoms with Gasteiger partial charge in [-0.2, -0.15) is 0 Å². The highest BCUT2D eigenvalue weighted by Gasteiger charge is 2.44. The van der Waals surface area contributed by atoms with Gasteiger partial charge in [0.1, 0.15) is 12.2 Å². The predicted molar refractivity (Wildman–Crippen MR) is 119 cm³/mol. The third-order valence-electron chi connectivity index (χ3n) is 6.71. The van der Waals surface area contributed by atoms with Crippen LogP contribution in [0.3, 0.4) is 0 Å². The maximum absolute atomic E-state index is 12.8. The molecule has 0 aromatic carbocycles. The number of hydrogen-bond acceptors (Lipinski definition) is 6. The number of aliphatic hydroxyl groups is 2. The summed E-state index contributed by atoms with van der Waals surface area (Å²) in [5.74, 6) is -0.751. The van der Waals surface area contributed by atoms with E-state index in [-0.39, 0.29) is 42.7 Å². The summed E-state index contributed by atoms with van der Waals surface area (Å²) in [6.45, 7) is 11.6. The van der Waals surface area contributed by atoms with E-state index < -0.39 is 29.7 Å². The molecule has 0 aliphatic heterocycles. The van der Waals surface area contributed by atoms with Crippen molar-refractivity contribution in [3.63, 3.8) is 0 Å². The number of ether oxygens (including phenoxy) is 2. The standard InChI is InChI=1S/C25H40O6/c1-7-18(26)13-19(27)14-21(28)31-23-16(4)9-10-17-11-15(3)12-20(22(17)23)30-24(29)25(5,6)8-2/h9-11,15-16,18-20,22-23,26-27H,7-8,12-14H2,1-6H3/t15-,16-,18+,19+,20-,22+,23-/m0/s1. The second kappa shape index (κ2) is 10.8. The average molecular weight is 437 g/mol. The summed E-state index contributed by atoms with van der Waals surface area (Å²) in [5, 5.41) is 19.8. The van der Waals surface area contributed by atoms with Crippen molar-refractivity contribution in [1.29, 1.82) is 0 Å².